The molecule has 1 unspecified atom stereocenters. The highest BCUT2D eigenvalue weighted by Crippen LogP contribution is 2.35. The Morgan fingerprint density at radius 3 is 2.25 bits per heavy atom. The topological polar surface area (TPSA) is 12.5 Å². The van der Waals surface area contributed by atoms with Crippen molar-refractivity contribution in [3.05, 3.63) is 0 Å². The second-order valence-corrected chi connectivity index (χ2v) is 3.55. The van der Waals surface area contributed by atoms with Crippen LogP contribution in [0.1, 0.15) is 33.1 Å². The van der Waals surface area contributed by atoms with Gasteiger partial charge in [0.2, 0.25) is 0 Å². The fourth-order valence-electron chi connectivity index (χ4n) is 1.99. The Balaban J connectivity index is 0.000000336. The normalized spacial score (nSPS) is 35.2. The Hall–Kier alpha value is -0.0800. The molecular formula is C10H21NO. The fraction of sp³-hybridized carbons (Fsp3) is 1.00. The van der Waals surface area contributed by atoms with E-state index in [-0.39, 0.29) is 0 Å². The lowest BCUT2D eigenvalue weighted by atomic mass is 9.81. The van der Waals surface area contributed by atoms with Gasteiger partial charge in [0.25, 0.3) is 0 Å². The second kappa shape index (κ2) is 4.24. The van der Waals surface area contributed by atoms with Crippen LogP contribution in [0.15, 0.2) is 0 Å². The van der Waals surface area contributed by atoms with E-state index in [4.69, 9.17) is 4.74 Å². The zero-order valence-corrected chi connectivity index (χ0v) is 8.60. The Morgan fingerprint density at radius 2 is 2.00 bits per heavy atom. The average molecular weight is 171 g/mol. The number of ether oxygens (including phenoxy) is 1. The average Bonchev–Trinajstić information content (AvgIpc) is 2.20. The molecule has 0 N–H and O–H groups in total. The third-order valence-corrected chi connectivity index (χ3v) is 3.02. The summed E-state index contributed by atoms with van der Waals surface area (Å²) in [6, 6.07) is 0. The highest BCUT2D eigenvalue weighted by molar-refractivity contribution is 4.99. The number of hydrogen-bond acceptors (Lipinski definition) is 2. The first-order valence-corrected chi connectivity index (χ1v) is 5.13. The highest BCUT2D eigenvalue weighted by atomic mass is 16.5. The van der Waals surface area contributed by atoms with Crippen molar-refractivity contribution in [1.29, 1.82) is 0 Å². The minimum Gasteiger partial charge on any atom is -0.380 e. The van der Waals surface area contributed by atoms with E-state index >= 15 is 0 Å². The van der Waals surface area contributed by atoms with Crippen molar-refractivity contribution in [1.82, 2.24) is 4.90 Å². The first kappa shape index (κ1) is 10.0. The predicted octanol–water partition coefficient (Wildman–Crippen LogP) is 1.90. The molecule has 72 valence electrons. The van der Waals surface area contributed by atoms with E-state index in [0.29, 0.717) is 5.54 Å². The Labute approximate surface area is 75.9 Å². The van der Waals surface area contributed by atoms with Crippen LogP contribution in [0.5, 0.6) is 0 Å². The molecule has 0 aromatic carbocycles. The summed E-state index contributed by atoms with van der Waals surface area (Å²) >= 11 is 0. The highest BCUT2D eigenvalue weighted by Gasteiger charge is 2.43. The van der Waals surface area contributed by atoms with Gasteiger partial charge in [-0.1, -0.05) is 13.8 Å². The van der Waals surface area contributed by atoms with Crippen LogP contribution in [0, 0.1) is 0 Å². The second-order valence-electron chi connectivity index (χ2n) is 3.55. The van der Waals surface area contributed by atoms with Gasteiger partial charge in [-0.3, -0.25) is 4.90 Å². The summed E-state index contributed by atoms with van der Waals surface area (Å²) in [6.45, 7) is 7.22. The first-order chi connectivity index (χ1) is 5.83. The maximum absolute atomic E-state index is 5.46. The van der Waals surface area contributed by atoms with Crippen LogP contribution in [0.3, 0.4) is 0 Å². The lowest BCUT2D eigenvalue weighted by molar-refractivity contribution is -0.0951. The Kier molecular flexibility index (Phi) is 3.53. The predicted molar refractivity (Wildman–Crippen MR) is 51.4 cm³/mol. The number of likely N-dealkylation sites (N-methyl/N-ethyl adjacent to an activating group) is 1. The maximum atomic E-state index is 5.46. The van der Waals surface area contributed by atoms with E-state index in [2.05, 4.69) is 11.9 Å². The van der Waals surface area contributed by atoms with Crippen molar-refractivity contribution in [3.8, 4) is 0 Å². The quantitative estimate of drug-likeness (QED) is 0.552. The Bertz CT molecular complexity index is 130. The van der Waals surface area contributed by atoms with E-state index in [1.54, 1.807) is 0 Å². The molecule has 2 fully saturated rings. The maximum Gasteiger partial charge on any atom is 0.0650 e. The van der Waals surface area contributed by atoms with Crippen LogP contribution >= 0.6 is 0 Å². The van der Waals surface area contributed by atoms with Crippen molar-refractivity contribution in [2.45, 2.75) is 38.6 Å². The van der Waals surface area contributed by atoms with Crippen LogP contribution in [-0.4, -0.2) is 37.2 Å². The summed E-state index contributed by atoms with van der Waals surface area (Å²) in [7, 11) is 2.21. The van der Waals surface area contributed by atoms with Gasteiger partial charge >= 0.3 is 0 Å². The summed E-state index contributed by atoms with van der Waals surface area (Å²) in [5.41, 5.74) is 0.470. The summed E-state index contributed by atoms with van der Waals surface area (Å²) in [4.78, 5) is 2.44. The van der Waals surface area contributed by atoms with E-state index in [9.17, 15) is 0 Å². The minimum atomic E-state index is 0.470. The molecule has 2 aliphatic rings. The van der Waals surface area contributed by atoms with Gasteiger partial charge in [-0.2, -0.15) is 0 Å². The largest absolute Gasteiger partial charge is 0.380 e. The summed E-state index contributed by atoms with van der Waals surface area (Å²) in [5.74, 6) is 0. The van der Waals surface area contributed by atoms with Crippen LogP contribution in [0.25, 0.3) is 0 Å². The number of likely N-dealkylation sites (tertiary alicyclic amines) is 1. The van der Waals surface area contributed by atoms with Crippen molar-refractivity contribution in [2.24, 2.45) is 0 Å². The zero-order chi connectivity index (χ0) is 9.03. The van der Waals surface area contributed by atoms with Gasteiger partial charge in [0.05, 0.1) is 6.61 Å². The van der Waals surface area contributed by atoms with Gasteiger partial charge in [0, 0.05) is 18.7 Å². The van der Waals surface area contributed by atoms with Gasteiger partial charge in [-0.05, 0) is 26.3 Å². The SMILES string of the molecule is CC.CN1CCC12CCCOC2. The molecule has 2 aliphatic heterocycles. The van der Waals surface area contributed by atoms with Crippen molar-refractivity contribution < 1.29 is 4.74 Å². The van der Waals surface area contributed by atoms with Crippen LogP contribution < -0.4 is 0 Å². The summed E-state index contributed by atoms with van der Waals surface area (Å²) < 4.78 is 5.46. The van der Waals surface area contributed by atoms with E-state index in [1.165, 1.54) is 25.8 Å². The molecule has 2 rings (SSSR count). The third-order valence-electron chi connectivity index (χ3n) is 3.02. The Morgan fingerprint density at radius 1 is 1.25 bits per heavy atom. The van der Waals surface area contributed by atoms with Crippen LogP contribution in [0.4, 0.5) is 0 Å². The molecule has 1 atom stereocenters. The summed E-state index contributed by atoms with van der Waals surface area (Å²) in [6.07, 6.45) is 3.96. The van der Waals surface area contributed by atoms with Gasteiger partial charge in [-0.25, -0.2) is 0 Å². The third kappa shape index (κ3) is 1.64. The minimum absolute atomic E-state index is 0.470. The lowest BCUT2D eigenvalue weighted by Gasteiger charge is -2.52. The molecule has 2 saturated heterocycles. The molecule has 12 heavy (non-hydrogen) atoms. The molecule has 0 saturated carbocycles. The summed E-state index contributed by atoms with van der Waals surface area (Å²) in [5, 5.41) is 0. The molecule has 0 amide bonds. The number of rotatable bonds is 0. The van der Waals surface area contributed by atoms with Gasteiger partial charge in [0.1, 0.15) is 0 Å². The monoisotopic (exact) mass is 171 g/mol. The molecule has 0 bridgehead atoms. The first-order valence-electron chi connectivity index (χ1n) is 5.13. The molecule has 0 aromatic heterocycles. The molecule has 0 radical (unpaired) electrons. The van der Waals surface area contributed by atoms with Crippen LogP contribution in [-0.2, 0) is 4.74 Å². The number of nitrogens with zero attached hydrogens (tertiary/aromatic N) is 1. The van der Waals surface area contributed by atoms with Gasteiger partial charge < -0.3 is 4.74 Å². The molecule has 2 heterocycles. The van der Waals surface area contributed by atoms with E-state index in [0.717, 1.165) is 13.2 Å². The van der Waals surface area contributed by atoms with Crippen LogP contribution in [0.2, 0.25) is 0 Å². The smallest absolute Gasteiger partial charge is 0.0650 e. The molecule has 0 aromatic rings. The molecule has 2 heteroatoms. The molecule has 2 nitrogen and oxygen atoms in total. The molecule has 1 spiro atoms. The number of hydrogen-bond donors (Lipinski definition) is 0. The molecule has 0 aliphatic carbocycles. The van der Waals surface area contributed by atoms with Crippen molar-refractivity contribution in [3.63, 3.8) is 0 Å². The lowest BCUT2D eigenvalue weighted by Crippen LogP contribution is -2.61. The fourth-order valence-corrected chi connectivity index (χ4v) is 1.99. The van der Waals surface area contributed by atoms with E-state index in [1.807, 2.05) is 13.8 Å². The van der Waals surface area contributed by atoms with Gasteiger partial charge in [-0.15, -0.1) is 0 Å². The van der Waals surface area contributed by atoms with Gasteiger partial charge in [0.15, 0.2) is 0 Å². The van der Waals surface area contributed by atoms with E-state index < -0.39 is 0 Å². The van der Waals surface area contributed by atoms with Crippen molar-refractivity contribution in [2.75, 3.05) is 26.8 Å². The standard InChI is InChI=1S/C8H15NO.C2H6/c1-9-5-4-8(9)3-2-6-10-7-8;1-2/h2-7H2,1H3;1-2H3. The zero-order valence-electron chi connectivity index (χ0n) is 8.60. The van der Waals surface area contributed by atoms with Crippen molar-refractivity contribution >= 4 is 0 Å². The molecular weight excluding hydrogens is 150 g/mol.